The van der Waals surface area contributed by atoms with Gasteiger partial charge in [0.15, 0.2) is 0 Å². The predicted octanol–water partition coefficient (Wildman–Crippen LogP) is 2.21. The Labute approximate surface area is 107 Å². The molecule has 1 saturated carbocycles. The van der Waals surface area contributed by atoms with Gasteiger partial charge in [-0.1, -0.05) is 6.08 Å². The van der Waals surface area contributed by atoms with E-state index in [-0.39, 0.29) is 17.5 Å². The van der Waals surface area contributed by atoms with Crippen molar-refractivity contribution in [2.75, 3.05) is 6.61 Å². The van der Waals surface area contributed by atoms with Crippen LogP contribution in [0.2, 0.25) is 0 Å². The smallest absolute Gasteiger partial charge is 0.330 e. The number of carbonyl (C=O) groups excluding carboxylic acids is 3. The topological polar surface area (TPSA) is 60.4 Å². The van der Waals surface area contributed by atoms with E-state index in [1.807, 2.05) is 0 Å². The predicted molar refractivity (Wildman–Crippen MR) is 67.0 cm³/mol. The van der Waals surface area contributed by atoms with E-state index in [9.17, 15) is 14.4 Å². The zero-order valence-electron chi connectivity index (χ0n) is 11.0. The van der Waals surface area contributed by atoms with Crippen molar-refractivity contribution in [1.29, 1.82) is 0 Å². The second-order valence-corrected chi connectivity index (χ2v) is 4.73. The van der Waals surface area contributed by atoms with Crippen LogP contribution < -0.4 is 0 Å². The number of hydrogen-bond donors (Lipinski definition) is 0. The molecule has 1 aliphatic carbocycles. The molecule has 0 aromatic heterocycles. The lowest BCUT2D eigenvalue weighted by molar-refractivity contribution is -0.143. The van der Waals surface area contributed by atoms with Gasteiger partial charge in [0.1, 0.15) is 11.6 Å². The number of rotatable bonds is 5. The molecular weight excluding hydrogens is 232 g/mol. The molecule has 0 aliphatic heterocycles. The van der Waals surface area contributed by atoms with Crippen LogP contribution in [0.4, 0.5) is 0 Å². The largest absolute Gasteiger partial charge is 0.463 e. The molecule has 1 rings (SSSR count). The van der Waals surface area contributed by atoms with E-state index in [2.05, 4.69) is 0 Å². The maximum atomic E-state index is 11.8. The van der Waals surface area contributed by atoms with E-state index in [0.717, 1.165) is 0 Å². The Morgan fingerprint density at radius 2 is 1.94 bits per heavy atom. The van der Waals surface area contributed by atoms with Crippen LogP contribution >= 0.6 is 0 Å². The third kappa shape index (κ3) is 3.52. The molecule has 4 heteroatoms. The van der Waals surface area contributed by atoms with Gasteiger partial charge in [-0.25, -0.2) is 4.79 Å². The van der Waals surface area contributed by atoms with Crippen molar-refractivity contribution >= 4 is 17.5 Å². The number of ether oxygens (including phenoxy) is 1. The van der Waals surface area contributed by atoms with Gasteiger partial charge >= 0.3 is 5.97 Å². The number of Topliss-reactive ketones (excluding diaryl/α,β-unsaturated/α-hetero) is 2. The molecule has 0 unspecified atom stereocenters. The Hall–Kier alpha value is -1.45. The SMILES string of the molecule is CCOC(=O)/C=C/CCC1(C)C(=O)CCCC1=O. The normalized spacial score (nSPS) is 19.2. The third-order valence-electron chi connectivity index (χ3n) is 3.39. The summed E-state index contributed by atoms with van der Waals surface area (Å²) in [5.41, 5.74) is -0.850. The van der Waals surface area contributed by atoms with Crippen molar-refractivity contribution in [1.82, 2.24) is 0 Å². The Morgan fingerprint density at radius 3 is 2.50 bits per heavy atom. The summed E-state index contributed by atoms with van der Waals surface area (Å²) in [6.45, 7) is 3.80. The molecule has 1 aliphatic rings. The maximum Gasteiger partial charge on any atom is 0.330 e. The molecule has 0 spiro atoms. The average Bonchev–Trinajstić information content (AvgIpc) is 2.32. The lowest BCUT2D eigenvalue weighted by Gasteiger charge is -2.29. The van der Waals surface area contributed by atoms with E-state index in [0.29, 0.717) is 38.7 Å². The summed E-state index contributed by atoms with van der Waals surface area (Å²) in [6, 6.07) is 0. The van der Waals surface area contributed by atoms with Crippen molar-refractivity contribution in [3.8, 4) is 0 Å². The molecule has 0 amide bonds. The van der Waals surface area contributed by atoms with Gasteiger partial charge in [-0.15, -0.1) is 0 Å². The molecule has 0 saturated heterocycles. The van der Waals surface area contributed by atoms with E-state index in [1.54, 1.807) is 19.9 Å². The first-order valence-corrected chi connectivity index (χ1v) is 6.40. The summed E-state index contributed by atoms with van der Waals surface area (Å²) in [4.78, 5) is 34.7. The minimum atomic E-state index is -0.850. The van der Waals surface area contributed by atoms with Gasteiger partial charge in [0.05, 0.1) is 12.0 Å². The molecule has 0 N–H and O–H groups in total. The zero-order valence-corrected chi connectivity index (χ0v) is 11.0. The molecule has 0 aromatic rings. The summed E-state index contributed by atoms with van der Waals surface area (Å²) in [6.07, 6.45) is 5.68. The van der Waals surface area contributed by atoms with Crippen molar-refractivity contribution in [3.05, 3.63) is 12.2 Å². The van der Waals surface area contributed by atoms with Crippen molar-refractivity contribution < 1.29 is 19.1 Å². The van der Waals surface area contributed by atoms with Crippen LogP contribution in [0.25, 0.3) is 0 Å². The van der Waals surface area contributed by atoms with Crippen LogP contribution in [0.1, 0.15) is 46.0 Å². The molecule has 100 valence electrons. The molecule has 0 bridgehead atoms. The highest BCUT2D eigenvalue weighted by Crippen LogP contribution is 2.34. The van der Waals surface area contributed by atoms with E-state index < -0.39 is 5.41 Å². The van der Waals surface area contributed by atoms with E-state index >= 15 is 0 Å². The van der Waals surface area contributed by atoms with E-state index in [1.165, 1.54) is 6.08 Å². The summed E-state index contributed by atoms with van der Waals surface area (Å²) in [5, 5.41) is 0. The van der Waals surface area contributed by atoms with Crippen molar-refractivity contribution in [2.24, 2.45) is 5.41 Å². The Morgan fingerprint density at radius 1 is 1.33 bits per heavy atom. The van der Waals surface area contributed by atoms with Crippen LogP contribution in [0.5, 0.6) is 0 Å². The molecule has 18 heavy (non-hydrogen) atoms. The molecule has 0 aromatic carbocycles. The number of ketones is 2. The van der Waals surface area contributed by atoms with Gasteiger partial charge in [0.25, 0.3) is 0 Å². The van der Waals surface area contributed by atoms with Crippen LogP contribution in [-0.2, 0) is 19.1 Å². The Balaban J connectivity index is 2.48. The van der Waals surface area contributed by atoms with Crippen LogP contribution in [-0.4, -0.2) is 24.1 Å². The van der Waals surface area contributed by atoms with Gasteiger partial charge in [-0.05, 0) is 33.1 Å². The molecular formula is C14H20O4. The summed E-state index contributed by atoms with van der Waals surface area (Å²) in [5.74, 6) is -0.324. The second-order valence-electron chi connectivity index (χ2n) is 4.73. The fraction of sp³-hybridized carbons (Fsp3) is 0.643. The first-order valence-electron chi connectivity index (χ1n) is 6.40. The van der Waals surface area contributed by atoms with Crippen LogP contribution in [0, 0.1) is 5.41 Å². The van der Waals surface area contributed by atoms with Crippen molar-refractivity contribution in [3.63, 3.8) is 0 Å². The first kappa shape index (κ1) is 14.6. The minimum absolute atomic E-state index is 0.0308. The lowest BCUT2D eigenvalue weighted by atomic mass is 9.71. The summed E-state index contributed by atoms with van der Waals surface area (Å²) < 4.78 is 4.74. The van der Waals surface area contributed by atoms with Gasteiger partial charge in [0.2, 0.25) is 0 Å². The highest BCUT2D eigenvalue weighted by Gasteiger charge is 2.41. The molecule has 0 heterocycles. The number of carbonyl (C=O) groups is 3. The third-order valence-corrected chi connectivity index (χ3v) is 3.39. The number of hydrogen-bond acceptors (Lipinski definition) is 4. The zero-order chi connectivity index (χ0) is 13.6. The van der Waals surface area contributed by atoms with Gasteiger partial charge in [0, 0.05) is 18.9 Å². The van der Waals surface area contributed by atoms with Gasteiger partial charge in [-0.3, -0.25) is 9.59 Å². The fourth-order valence-corrected chi connectivity index (χ4v) is 2.14. The highest BCUT2D eigenvalue weighted by molar-refractivity contribution is 6.08. The monoisotopic (exact) mass is 252 g/mol. The quantitative estimate of drug-likeness (QED) is 0.427. The summed E-state index contributed by atoms with van der Waals surface area (Å²) in [7, 11) is 0. The standard InChI is InChI=1S/C14H20O4/c1-3-18-13(17)9-4-5-10-14(2)11(15)7-6-8-12(14)16/h4,9H,3,5-8,10H2,1-2H3/b9-4+. The minimum Gasteiger partial charge on any atom is -0.463 e. The van der Waals surface area contributed by atoms with E-state index in [4.69, 9.17) is 4.74 Å². The molecule has 4 nitrogen and oxygen atoms in total. The highest BCUT2D eigenvalue weighted by atomic mass is 16.5. The summed E-state index contributed by atoms with van der Waals surface area (Å²) >= 11 is 0. The van der Waals surface area contributed by atoms with Gasteiger partial charge in [-0.2, -0.15) is 0 Å². The number of allylic oxidation sites excluding steroid dienone is 1. The maximum absolute atomic E-state index is 11.8. The Kier molecular flexibility index (Phi) is 5.25. The Bertz CT molecular complexity index is 352. The van der Waals surface area contributed by atoms with Crippen LogP contribution in [0.15, 0.2) is 12.2 Å². The molecule has 0 atom stereocenters. The molecule has 1 fully saturated rings. The lowest BCUT2D eigenvalue weighted by Crippen LogP contribution is -2.39. The second kappa shape index (κ2) is 6.47. The average molecular weight is 252 g/mol. The van der Waals surface area contributed by atoms with Gasteiger partial charge < -0.3 is 4.74 Å². The first-order chi connectivity index (χ1) is 8.50. The molecule has 0 radical (unpaired) electrons. The van der Waals surface area contributed by atoms with Crippen LogP contribution in [0.3, 0.4) is 0 Å². The van der Waals surface area contributed by atoms with Crippen molar-refractivity contribution in [2.45, 2.75) is 46.0 Å². The number of esters is 1. The fourth-order valence-electron chi connectivity index (χ4n) is 2.14.